The molecule has 0 unspecified atom stereocenters. The predicted molar refractivity (Wildman–Crippen MR) is 63.8 cm³/mol. The number of hydrogen-bond acceptors (Lipinski definition) is 3. The Kier molecular flexibility index (Phi) is 3.69. The maximum atomic E-state index is 12.7. The first-order valence-electron chi connectivity index (χ1n) is 5.56. The number of aliphatic carboxylic acids is 1. The quantitative estimate of drug-likeness (QED) is 0.940. The Bertz CT molecular complexity index is 627. The highest BCUT2D eigenvalue weighted by atomic mass is 19.4. The summed E-state index contributed by atoms with van der Waals surface area (Å²) in [5.41, 5.74) is -0.255. The van der Waals surface area contributed by atoms with Crippen molar-refractivity contribution in [3.05, 3.63) is 48.0 Å². The summed E-state index contributed by atoms with van der Waals surface area (Å²) in [6.07, 6.45) is -1.50. The number of rotatable bonds is 3. The van der Waals surface area contributed by atoms with Crippen LogP contribution in [0.1, 0.15) is 11.3 Å². The van der Waals surface area contributed by atoms with Gasteiger partial charge in [0.2, 0.25) is 0 Å². The van der Waals surface area contributed by atoms with Gasteiger partial charge in [0.1, 0.15) is 0 Å². The summed E-state index contributed by atoms with van der Waals surface area (Å²) >= 11 is 0. The number of carboxylic acid groups (broad SMARTS) is 1. The van der Waals surface area contributed by atoms with Crippen LogP contribution in [0.3, 0.4) is 0 Å². The number of aromatic nitrogens is 2. The zero-order valence-corrected chi connectivity index (χ0v) is 10.1. The number of carboxylic acids is 1. The second-order valence-corrected chi connectivity index (χ2v) is 4.02. The second-order valence-electron chi connectivity index (χ2n) is 4.02. The van der Waals surface area contributed by atoms with Gasteiger partial charge in [0.25, 0.3) is 0 Å². The molecule has 2 aromatic rings. The Balaban J connectivity index is 2.57. The molecule has 0 saturated carbocycles. The monoisotopic (exact) mass is 282 g/mol. The average Bonchev–Trinajstić information content (AvgIpc) is 2.38. The van der Waals surface area contributed by atoms with Gasteiger partial charge < -0.3 is 5.11 Å². The van der Waals surface area contributed by atoms with E-state index >= 15 is 0 Å². The van der Waals surface area contributed by atoms with Crippen LogP contribution in [0.5, 0.6) is 0 Å². The van der Waals surface area contributed by atoms with Gasteiger partial charge in [0.15, 0.2) is 0 Å². The minimum absolute atomic E-state index is 0.0803. The number of pyridine rings is 2. The molecular weight excluding hydrogens is 273 g/mol. The molecule has 7 heteroatoms. The topological polar surface area (TPSA) is 63.1 Å². The summed E-state index contributed by atoms with van der Waals surface area (Å²) in [7, 11) is 0. The van der Waals surface area contributed by atoms with Crippen LogP contribution in [-0.2, 0) is 17.4 Å². The van der Waals surface area contributed by atoms with Crippen molar-refractivity contribution in [3.8, 4) is 11.1 Å². The van der Waals surface area contributed by atoms with E-state index < -0.39 is 24.1 Å². The minimum atomic E-state index is -4.53. The fourth-order valence-electron chi connectivity index (χ4n) is 1.71. The molecule has 104 valence electrons. The lowest BCUT2D eigenvalue weighted by Gasteiger charge is -2.12. The van der Waals surface area contributed by atoms with E-state index in [2.05, 4.69) is 9.97 Å². The van der Waals surface area contributed by atoms with E-state index in [4.69, 9.17) is 5.11 Å². The molecule has 2 rings (SSSR count). The molecule has 0 aromatic carbocycles. The second kappa shape index (κ2) is 5.28. The number of alkyl halides is 3. The van der Waals surface area contributed by atoms with E-state index in [1.807, 2.05) is 0 Å². The highest BCUT2D eigenvalue weighted by Gasteiger charge is 2.32. The smallest absolute Gasteiger partial charge is 0.417 e. The van der Waals surface area contributed by atoms with Crippen molar-refractivity contribution in [2.24, 2.45) is 0 Å². The van der Waals surface area contributed by atoms with Gasteiger partial charge in [-0.2, -0.15) is 13.2 Å². The normalized spacial score (nSPS) is 11.3. The molecule has 0 amide bonds. The average molecular weight is 282 g/mol. The summed E-state index contributed by atoms with van der Waals surface area (Å²) in [5, 5.41) is 8.79. The van der Waals surface area contributed by atoms with Crippen molar-refractivity contribution in [2.45, 2.75) is 12.6 Å². The van der Waals surface area contributed by atoms with E-state index in [-0.39, 0.29) is 11.3 Å². The molecule has 2 aromatic heterocycles. The van der Waals surface area contributed by atoms with Crippen LogP contribution in [0, 0.1) is 0 Å². The molecule has 2 heterocycles. The van der Waals surface area contributed by atoms with Crippen molar-refractivity contribution in [1.82, 2.24) is 9.97 Å². The van der Waals surface area contributed by atoms with Crippen LogP contribution in [-0.4, -0.2) is 21.0 Å². The van der Waals surface area contributed by atoms with E-state index in [1.165, 1.54) is 24.5 Å². The Hall–Kier alpha value is -2.44. The minimum Gasteiger partial charge on any atom is -0.481 e. The molecule has 0 bridgehead atoms. The van der Waals surface area contributed by atoms with Crippen LogP contribution in [0.2, 0.25) is 0 Å². The van der Waals surface area contributed by atoms with Crippen LogP contribution < -0.4 is 0 Å². The molecule has 0 radical (unpaired) electrons. The first-order chi connectivity index (χ1) is 9.38. The fourth-order valence-corrected chi connectivity index (χ4v) is 1.71. The first-order valence-corrected chi connectivity index (χ1v) is 5.56. The summed E-state index contributed by atoms with van der Waals surface area (Å²) in [5.74, 6) is -1.16. The summed E-state index contributed by atoms with van der Waals surface area (Å²) < 4.78 is 38.1. The van der Waals surface area contributed by atoms with Gasteiger partial charge in [-0.15, -0.1) is 0 Å². The third-order valence-electron chi connectivity index (χ3n) is 2.61. The molecule has 0 fully saturated rings. The summed E-state index contributed by atoms with van der Waals surface area (Å²) in [6.45, 7) is 0. The molecule has 20 heavy (non-hydrogen) atoms. The molecule has 0 aliphatic carbocycles. The Morgan fingerprint density at radius 2 is 1.90 bits per heavy atom. The summed E-state index contributed by atoms with van der Waals surface area (Å²) in [4.78, 5) is 18.2. The molecule has 0 aliphatic rings. The van der Waals surface area contributed by atoms with E-state index in [0.717, 1.165) is 6.07 Å². The van der Waals surface area contributed by atoms with Gasteiger partial charge in [-0.1, -0.05) is 0 Å². The summed E-state index contributed by atoms with van der Waals surface area (Å²) in [6, 6.07) is 3.91. The maximum absolute atomic E-state index is 12.7. The number of hydrogen-bond donors (Lipinski definition) is 1. The van der Waals surface area contributed by atoms with Gasteiger partial charge in [-0.25, -0.2) is 0 Å². The van der Waals surface area contributed by atoms with Crippen molar-refractivity contribution in [3.63, 3.8) is 0 Å². The Morgan fingerprint density at radius 1 is 1.25 bits per heavy atom. The SMILES string of the molecule is O=C(O)Cc1ncc(C(F)(F)F)cc1-c1ccncc1. The van der Waals surface area contributed by atoms with Crippen LogP contribution in [0.25, 0.3) is 11.1 Å². The lowest BCUT2D eigenvalue weighted by Crippen LogP contribution is -2.10. The van der Waals surface area contributed by atoms with Gasteiger partial charge in [-0.3, -0.25) is 14.8 Å². The van der Waals surface area contributed by atoms with Gasteiger partial charge in [0.05, 0.1) is 17.7 Å². The third-order valence-corrected chi connectivity index (χ3v) is 2.61. The molecule has 0 spiro atoms. The standard InChI is InChI=1S/C13H9F3N2O2/c14-13(15,16)9-5-10(8-1-3-17-4-2-8)11(18-7-9)6-12(19)20/h1-5,7H,6H2,(H,19,20). The molecule has 0 aliphatic heterocycles. The highest BCUT2D eigenvalue weighted by Crippen LogP contribution is 2.32. The van der Waals surface area contributed by atoms with Crippen molar-refractivity contribution < 1.29 is 23.1 Å². The molecule has 4 nitrogen and oxygen atoms in total. The van der Waals surface area contributed by atoms with Crippen molar-refractivity contribution in [2.75, 3.05) is 0 Å². The third kappa shape index (κ3) is 3.11. The first kappa shape index (κ1) is 14.0. The highest BCUT2D eigenvalue weighted by molar-refractivity contribution is 5.75. The van der Waals surface area contributed by atoms with Crippen molar-refractivity contribution in [1.29, 1.82) is 0 Å². The van der Waals surface area contributed by atoms with Gasteiger partial charge in [0, 0.05) is 24.2 Å². The zero-order valence-electron chi connectivity index (χ0n) is 10.1. The number of halogens is 3. The van der Waals surface area contributed by atoms with E-state index in [9.17, 15) is 18.0 Å². The zero-order chi connectivity index (χ0) is 14.8. The van der Waals surface area contributed by atoms with Crippen LogP contribution >= 0.6 is 0 Å². The molecule has 1 N–H and O–H groups in total. The van der Waals surface area contributed by atoms with Crippen molar-refractivity contribution >= 4 is 5.97 Å². The van der Waals surface area contributed by atoms with Crippen LogP contribution in [0.4, 0.5) is 13.2 Å². The maximum Gasteiger partial charge on any atom is 0.417 e. The van der Waals surface area contributed by atoms with E-state index in [0.29, 0.717) is 11.8 Å². The molecule has 0 saturated heterocycles. The van der Waals surface area contributed by atoms with E-state index in [1.54, 1.807) is 0 Å². The molecular formula is C13H9F3N2O2. The Morgan fingerprint density at radius 3 is 2.45 bits per heavy atom. The molecule has 0 atom stereocenters. The Labute approximate surface area is 111 Å². The number of nitrogens with zero attached hydrogens (tertiary/aromatic N) is 2. The van der Waals surface area contributed by atoms with Gasteiger partial charge >= 0.3 is 12.1 Å². The van der Waals surface area contributed by atoms with Crippen LogP contribution in [0.15, 0.2) is 36.8 Å². The van der Waals surface area contributed by atoms with Gasteiger partial charge in [-0.05, 0) is 23.8 Å². The number of carbonyl (C=O) groups is 1. The predicted octanol–water partition coefficient (Wildman–Crippen LogP) is 2.79. The lowest BCUT2D eigenvalue weighted by molar-refractivity contribution is -0.137. The largest absolute Gasteiger partial charge is 0.481 e. The lowest BCUT2D eigenvalue weighted by atomic mass is 10.0. The fraction of sp³-hybridized carbons (Fsp3) is 0.154.